The minimum Gasteiger partial charge on any atom is -0.339 e. The highest BCUT2D eigenvalue weighted by atomic mass is 79.9. The van der Waals surface area contributed by atoms with Crippen LogP contribution >= 0.6 is 15.9 Å². The Balaban J connectivity index is 2.04. The topological polar surface area (TPSA) is 32.3 Å². The Morgan fingerprint density at radius 2 is 1.94 bits per heavy atom. The van der Waals surface area contributed by atoms with Gasteiger partial charge in [0, 0.05) is 37.4 Å². The minimum atomic E-state index is 0.815. The Hall–Kier alpha value is -0.680. The number of rotatable bonds is 2. The molecule has 4 nitrogen and oxygen atoms in total. The standard InChI is InChI=1S/C11H17BrN4/c1-15-3-2-4-16(6-5-15)11-13-8-10(7-12)9-14-11/h8-9H,2-7H2,1H3. The van der Waals surface area contributed by atoms with Crippen molar-refractivity contribution in [1.82, 2.24) is 14.9 Å². The van der Waals surface area contributed by atoms with Crippen LogP contribution < -0.4 is 4.90 Å². The third-order valence-electron chi connectivity index (χ3n) is 2.85. The van der Waals surface area contributed by atoms with Crippen LogP contribution in [0.25, 0.3) is 0 Å². The van der Waals surface area contributed by atoms with E-state index in [-0.39, 0.29) is 0 Å². The zero-order valence-corrected chi connectivity index (χ0v) is 11.2. The summed E-state index contributed by atoms with van der Waals surface area (Å²) in [4.78, 5) is 13.4. The quantitative estimate of drug-likeness (QED) is 0.771. The molecule has 5 heteroatoms. The first-order valence-electron chi connectivity index (χ1n) is 5.60. The largest absolute Gasteiger partial charge is 0.339 e. The molecule has 1 aromatic rings. The maximum absolute atomic E-state index is 4.41. The molecule has 0 radical (unpaired) electrons. The zero-order chi connectivity index (χ0) is 11.4. The van der Waals surface area contributed by atoms with Crippen molar-refractivity contribution in [3.8, 4) is 0 Å². The van der Waals surface area contributed by atoms with Gasteiger partial charge in [-0.1, -0.05) is 15.9 Å². The molecule has 0 atom stereocenters. The van der Waals surface area contributed by atoms with Crippen molar-refractivity contribution in [2.24, 2.45) is 0 Å². The van der Waals surface area contributed by atoms with E-state index >= 15 is 0 Å². The summed E-state index contributed by atoms with van der Waals surface area (Å²) in [7, 11) is 2.16. The van der Waals surface area contributed by atoms with Crippen molar-refractivity contribution in [2.45, 2.75) is 11.8 Å². The molecule has 0 saturated carbocycles. The summed E-state index contributed by atoms with van der Waals surface area (Å²) >= 11 is 3.40. The summed E-state index contributed by atoms with van der Waals surface area (Å²) < 4.78 is 0. The van der Waals surface area contributed by atoms with Gasteiger partial charge in [0.1, 0.15) is 0 Å². The molecule has 16 heavy (non-hydrogen) atoms. The van der Waals surface area contributed by atoms with Crippen LogP contribution in [0.2, 0.25) is 0 Å². The van der Waals surface area contributed by atoms with Crippen LogP contribution in [-0.4, -0.2) is 48.1 Å². The second kappa shape index (κ2) is 5.59. The number of alkyl halides is 1. The third kappa shape index (κ3) is 2.92. The fraction of sp³-hybridized carbons (Fsp3) is 0.636. The summed E-state index contributed by atoms with van der Waals surface area (Å²) in [5.41, 5.74) is 1.12. The van der Waals surface area contributed by atoms with E-state index in [0.29, 0.717) is 0 Å². The molecule has 1 saturated heterocycles. The van der Waals surface area contributed by atoms with Crippen molar-refractivity contribution < 1.29 is 0 Å². The van der Waals surface area contributed by atoms with Crippen molar-refractivity contribution >= 4 is 21.9 Å². The van der Waals surface area contributed by atoms with Crippen molar-refractivity contribution in [2.75, 3.05) is 38.1 Å². The number of hydrogen-bond acceptors (Lipinski definition) is 4. The zero-order valence-electron chi connectivity index (χ0n) is 9.56. The van der Waals surface area contributed by atoms with E-state index in [1.54, 1.807) is 0 Å². The van der Waals surface area contributed by atoms with E-state index in [1.807, 2.05) is 12.4 Å². The van der Waals surface area contributed by atoms with Gasteiger partial charge in [0.2, 0.25) is 5.95 Å². The molecule has 88 valence electrons. The number of halogens is 1. The lowest BCUT2D eigenvalue weighted by Gasteiger charge is -2.20. The van der Waals surface area contributed by atoms with Crippen LogP contribution in [0.1, 0.15) is 12.0 Å². The van der Waals surface area contributed by atoms with Gasteiger partial charge in [-0.05, 0) is 25.6 Å². The van der Waals surface area contributed by atoms with E-state index in [0.717, 1.165) is 43.0 Å². The van der Waals surface area contributed by atoms with E-state index < -0.39 is 0 Å². The van der Waals surface area contributed by atoms with Crippen LogP contribution in [-0.2, 0) is 5.33 Å². The molecule has 0 aromatic carbocycles. The van der Waals surface area contributed by atoms with Gasteiger partial charge in [-0.15, -0.1) is 0 Å². The number of hydrogen-bond donors (Lipinski definition) is 0. The van der Waals surface area contributed by atoms with E-state index in [9.17, 15) is 0 Å². The summed E-state index contributed by atoms with van der Waals surface area (Å²) in [6.45, 7) is 4.32. The Morgan fingerprint density at radius 3 is 2.62 bits per heavy atom. The lowest BCUT2D eigenvalue weighted by molar-refractivity contribution is 0.360. The predicted octanol–water partition coefficient (Wildman–Crippen LogP) is 1.51. The highest BCUT2D eigenvalue weighted by molar-refractivity contribution is 9.08. The van der Waals surface area contributed by atoms with Gasteiger partial charge in [-0.2, -0.15) is 0 Å². The number of anilines is 1. The maximum Gasteiger partial charge on any atom is 0.225 e. The molecule has 1 fully saturated rings. The molecule has 0 bridgehead atoms. The normalized spacial score (nSPS) is 18.5. The first-order valence-corrected chi connectivity index (χ1v) is 6.72. The Labute approximate surface area is 105 Å². The number of likely N-dealkylation sites (N-methyl/N-ethyl adjacent to an activating group) is 1. The molecule has 0 spiro atoms. The van der Waals surface area contributed by atoms with Crippen LogP contribution in [0.5, 0.6) is 0 Å². The second-order valence-corrected chi connectivity index (χ2v) is 4.73. The van der Waals surface area contributed by atoms with Gasteiger partial charge < -0.3 is 9.80 Å². The van der Waals surface area contributed by atoms with Gasteiger partial charge in [-0.3, -0.25) is 0 Å². The molecule has 0 aliphatic carbocycles. The number of nitrogens with zero attached hydrogens (tertiary/aromatic N) is 4. The fourth-order valence-corrected chi connectivity index (χ4v) is 2.12. The molecule has 0 unspecified atom stereocenters. The SMILES string of the molecule is CN1CCCN(c2ncc(CBr)cn2)CC1. The molecular formula is C11H17BrN4. The second-order valence-electron chi connectivity index (χ2n) is 4.17. The molecule has 0 amide bonds. The predicted molar refractivity (Wildman–Crippen MR) is 69.0 cm³/mol. The molecule has 0 N–H and O–H groups in total. The average Bonchev–Trinajstić information content (AvgIpc) is 2.54. The van der Waals surface area contributed by atoms with Gasteiger partial charge in [0.15, 0.2) is 0 Å². The van der Waals surface area contributed by atoms with Crippen LogP contribution in [0.3, 0.4) is 0 Å². The van der Waals surface area contributed by atoms with Gasteiger partial charge >= 0.3 is 0 Å². The summed E-state index contributed by atoms with van der Waals surface area (Å²) in [5, 5.41) is 0.815. The fourth-order valence-electron chi connectivity index (χ4n) is 1.83. The monoisotopic (exact) mass is 284 g/mol. The van der Waals surface area contributed by atoms with Crippen molar-refractivity contribution in [3.63, 3.8) is 0 Å². The van der Waals surface area contributed by atoms with E-state index in [1.165, 1.54) is 6.42 Å². The first-order chi connectivity index (χ1) is 7.79. The molecule has 2 heterocycles. The first kappa shape index (κ1) is 11.8. The average molecular weight is 285 g/mol. The Kier molecular flexibility index (Phi) is 4.12. The summed E-state index contributed by atoms with van der Waals surface area (Å²) in [6, 6.07) is 0. The van der Waals surface area contributed by atoms with Gasteiger partial charge in [0.05, 0.1) is 0 Å². The lowest BCUT2D eigenvalue weighted by Crippen LogP contribution is -2.30. The maximum atomic E-state index is 4.41. The molecule has 2 rings (SSSR count). The highest BCUT2D eigenvalue weighted by Crippen LogP contribution is 2.11. The van der Waals surface area contributed by atoms with Crippen LogP contribution in [0.4, 0.5) is 5.95 Å². The molecule has 1 aliphatic heterocycles. The van der Waals surface area contributed by atoms with E-state index in [2.05, 4.69) is 42.7 Å². The Bertz CT molecular complexity index is 327. The summed E-state index contributed by atoms with van der Waals surface area (Å²) in [6.07, 6.45) is 4.97. The minimum absolute atomic E-state index is 0.815. The Morgan fingerprint density at radius 1 is 1.19 bits per heavy atom. The number of aromatic nitrogens is 2. The van der Waals surface area contributed by atoms with E-state index in [4.69, 9.17) is 0 Å². The molecular weight excluding hydrogens is 268 g/mol. The van der Waals surface area contributed by atoms with Crippen molar-refractivity contribution in [1.29, 1.82) is 0 Å². The van der Waals surface area contributed by atoms with Crippen LogP contribution in [0.15, 0.2) is 12.4 Å². The smallest absolute Gasteiger partial charge is 0.225 e. The van der Waals surface area contributed by atoms with Crippen LogP contribution in [0, 0.1) is 0 Å². The molecule has 1 aromatic heterocycles. The summed E-state index contributed by atoms with van der Waals surface area (Å²) in [5.74, 6) is 0.861. The molecule has 1 aliphatic rings. The van der Waals surface area contributed by atoms with Gasteiger partial charge in [0.25, 0.3) is 0 Å². The highest BCUT2D eigenvalue weighted by Gasteiger charge is 2.14. The van der Waals surface area contributed by atoms with Gasteiger partial charge in [-0.25, -0.2) is 9.97 Å². The lowest BCUT2D eigenvalue weighted by atomic mass is 10.4. The third-order valence-corrected chi connectivity index (χ3v) is 3.50. The van der Waals surface area contributed by atoms with Crippen molar-refractivity contribution in [3.05, 3.63) is 18.0 Å².